The van der Waals surface area contributed by atoms with Gasteiger partial charge in [-0.2, -0.15) is 0 Å². The monoisotopic (exact) mass is 550 g/mol. The molecule has 2 aromatic heterocycles. The second-order valence-corrected chi connectivity index (χ2v) is 9.41. The van der Waals surface area contributed by atoms with Crippen LogP contribution in [0.15, 0.2) is 122 Å². The van der Waals surface area contributed by atoms with E-state index in [1.807, 2.05) is 46.8 Å². The van der Waals surface area contributed by atoms with E-state index in [-0.39, 0.29) is 0 Å². The van der Waals surface area contributed by atoms with Gasteiger partial charge in [-0.25, -0.2) is 0 Å². The number of benzene rings is 4. The smallest absolute Gasteiger partial charge is 0.0541 e. The Morgan fingerprint density at radius 2 is 1.24 bits per heavy atom. The van der Waals surface area contributed by atoms with Crippen LogP contribution < -0.4 is 0 Å². The van der Waals surface area contributed by atoms with Crippen LogP contribution in [0.4, 0.5) is 0 Å². The third kappa shape index (κ3) is 5.17. The Kier molecular flexibility index (Phi) is 9.83. The molecular formula is C40H42N2. The second kappa shape index (κ2) is 13.7. The van der Waals surface area contributed by atoms with Crippen molar-refractivity contribution in [1.29, 1.82) is 0 Å². The van der Waals surface area contributed by atoms with E-state index >= 15 is 0 Å². The molecule has 0 bridgehead atoms. The molecule has 0 N–H and O–H groups in total. The zero-order valence-electron chi connectivity index (χ0n) is 25.9. The molecule has 2 heteroatoms. The molecule has 6 rings (SSSR count). The van der Waals surface area contributed by atoms with Crippen LogP contribution in [0.1, 0.15) is 52.8 Å². The number of fused-ring (bicyclic) bond motifs is 4. The first kappa shape index (κ1) is 30.1. The fraction of sp³-hybridized carbons (Fsp3) is 0.150. The standard InChI is InChI=1S/C36H30N2.2C2H6/c1-5-14-29-31-23-25(19-21-35(31)37(33(29)8-4)27(6-2)7-3)26-20-22-36-32(24-26)30-17-12-13-18-34(30)38(36)28-15-10-9-11-16-28;2*1-2/h5-24H,2,4H2,1,3H3;2*1-2H3/b14-5-,27-7+;;. The summed E-state index contributed by atoms with van der Waals surface area (Å²) in [6, 6.07) is 32.8. The molecule has 4 aromatic carbocycles. The topological polar surface area (TPSA) is 9.86 Å². The van der Waals surface area contributed by atoms with E-state index in [1.54, 1.807) is 0 Å². The molecule has 212 valence electrons. The normalized spacial score (nSPS) is 11.3. The lowest BCUT2D eigenvalue weighted by atomic mass is 10.00. The zero-order chi connectivity index (χ0) is 30.2. The highest BCUT2D eigenvalue weighted by Crippen LogP contribution is 2.38. The molecule has 42 heavy (non-hydrogen) atoms. The van der Waals surface area contributed by atoms with Gasteiger partial charge < -0.3 is 9.13 Å². The van der Waals surface area contributed by atoms with Crippen LogP contribution in [0.3, 0.4) is 0 Å². The number of allylic oxidation sites excluding steroid dienone is 4. The molecule has 0 radical (unpaired) electrons. The van der Waals surface area contributed by atoms with Crippen LogP contribution in [0, 0.1) is 0 Å². The molecule has 2 nitrogen and oxygen atoms in total. The van der Waals surface area contributed by atoms with E-state index in [9.17, 15) is 0 Å². The molecule has 0 aliphatic carbocycles. The van der Waals surface area contributed by atoms with Gasteiger partial charge in [-0.05, 0) is 79.6 Å². The van der Waals surface area contributed by atoms with Crippen molar-refractivity contribution in [2.75, 3.05) is 0 Å². The largest absolute Gasteiger partial charge is 0.310 e. The molecule has 2 heterocycles. The van der Waals surface area contributed by atoms with E-state index < -0.39 is 0 Å². The summed E-state index contributed by atoms with van der Waals surface area (Å²) in [5.74, 6) is 0. The maximum Gasteiger partial charge on any atom is 0.0541 e. The van der Waals surface area contributed by atoms with Crippen LogP contribution in [0.25, 0.3) is 67.4 Å². The fourth-order valence-electron chi connectivity index (χ4n) is 5.68. The van der Waals surface area contributed by atoms with Crippen molar-refractivity contribution >= 4 is 50.6 Å². The number of rotatable bonds is 6. The average molecular weight is 551 g/mol. The fourth-order valence-corrected chi connectivity index (χ4v) is 5.68. The van der Waals surface area contributed by atoms with Crippen molar-refractivity contribution in [3.05, 3.63) is 134 Å². The lowest BCUT2D eigenvalue weighted by Crippen LogP contribution is -1.97. The van der Waals surface area contributed by atoms with Gasteiger partial charge >= 0.3 is 0 Å². The first-order valence-electron chi connectivity index (χ1n) is 15.0. The van der Waals surface area contributed by atoms with E-state index in [4.69, 9.17) is 0 Å². The highest BCUT2D eigenvalue weighted by atomic mass is 15.0. The van der Waals surface area contributed by atoms with E-state index in [0.29, 0.717) is 0 Å². The van der Waals surface area contributed by atoms with E-state index in [1.165, 1.54) is 49.6 Å². The molecule has 0 saturated heterocycles. The Morgan fingerprint density at radius 1 is 0.643 bits per heavy atom. The number of hydrogen-bond acceptors (Lipinski definition) is 0. The number of nitrogens with zero attached hydrogens (tertiary/aromatic N) is 2. The van der Waals surface area contributed by atoms with Crippen molar-refractivity contribution in [2.24, 2.45) is 0 Å². The summed E-state index contributed by atoms with van der Waals surface area (Å²) in [7, 11) is 0. The van der Waals surface area contributed by atoms with E-state index in [0.717, 1.165) is 16.9 Å². The molecule has 0 atom stereocenters. The SMILES string of the molecule is C=C/C(=C\C)n1c(C=C)c(/C=C\C)c2cc(-c3ccc4c(c3)c3ccccc3n4-c3ccccc3)ccc21.CC.CC. The van der Waals surface area contributed by atoms with Crippen LogP contribution in [-0.2, 0) is 0 Å². The maximum absolute atomic E-state index is 4.13. The van der Waals surface area contributed by atoms with Gasteiger partial charge in [-0.1, -0.05) is 108 Å². The Balaban J connectivity index is 0.000000972. The van der Waals surface area contributed by atoms with Gasteiger partial charge in [-0.3, -0.25) is 0 Å². The summed E-state index contributed by atoms with van der Waals surface area (Å²) in [6.07, 6.45) is 10.2. The minimum Gasteiger partial charge on any atom is -0.310 e. The number of hydrogen-bond donors (Lipinski definition) is 0. The van der Waals surface area contributed by atoms with Gasteiger partial charge in [0.25, 0.3) is 0 Å². The molecule has 0 unspecified atom stereocenters. The van der Waals surface area contributed by atoms with Gasteiger partial charge in [0.05, 0.1) is 22.2 Å². The van der Waals surface area contributed by atoms with Crippen molar-refractivity contribution in [2.45, 2.75) is 41.5 Å². The molecular weight excluding hydrogens is 508 g/mol. The van der Waals surface area contributed by atoms with Gasteiger partial charge in [0.1, 0.15) is 0 Å². The van der Waals surface area contributed by atoms with Gasteiger partial charge in [0.15, 0.2) is 0 Å². The highest BCUT2D eigenvalue weighted by molar-refractivity contribution is 6.10. The summed E-state index contributed by atoms with van der Waals surface area (Å²) >= 11 is 0. The predicted molar refractivity (Wildman–Crippen MR) is 189 cm³/mol. The minimum atomic E-state index is 1.04. The third-order valence-electron chi connectivity index (χ3n) is 7.35. The van der Waals surface area contributed by atoms with Crippen molar-refractivity contribution < 1.29 is 0 Å². The Morgan fingerprint density at radius 3 is 1.86 bits per heavy atom. The third-order valence-corrected chi connectivity index (χ3v) is 7.35. The second-order valence-electron chi connectivity index (χ2n) is 9.41. The van der Waals surface area contributed by atoms with Crippen LogP contribution in [-0.4, -0.2) is 9.13 Å². The maximum atomic E-state index is 4.13. The quantitative estimate of drug-likeness (QED) is 0.183. The summed E-state index contributed by atoms with van der Waals surface area (Å²) in [5.41, 5.74) is 10.4. The number of aromatic nitrogens is 2. The highest BCUT2D eigenvalue weighted by Gasteiger charge is 2.17. The van der Waals surface area contributed by atoms with Crippen LogP contribution in [0.2, 0.25) is 0 Å². The summed E-state index contributed by atoms with van der Waals surface area (Å²) in [5, 5.41) is 3.71. The number of para-hydroxylation sites is 2. The summed E-state index contributed by atoms with van der Waals surface area (Å²) in [4.78, 5) is 0. The summed E-state index contributed by atoms with van der Waals surface area (Å²) < 4.78 is 4.59. The molecule has 6 aromatic rings. The molecule has 0 spiro atoms. The van der Waals surface area contributed by atoms with Crippen molar-refractivity contribution in [3.8, 4) is 16.8 Å². The van der Waals surface area contributed by atoms with Gasteiger partial charge in [-0.15, -0.1) is 0 Å². The molecule has 0 aliphatic rings. The lowest BCUT2D eigenvalue weighted by Gasteiger charge is -2.10. The first-order chi connectivity index (χ1) is 20.7. The summed E-state index contributed by atoms with van der Waals surface area (Å²) in [6.45, 7) is 20.3. The molecule has 0 fully saturated rings. The average Bonchev–Trinajstić information content (AvgIpc) is 3.56. The predicted octanol–water partition coefficient (Wildman–Crippen LogP) is 12.2. The van der Waals surface area contributed by atoms with Crippen molar-refractivity contribution in [1.82, 2.24) is 9.13 Å². The molecule has 0 saturated carbocycles. The zero-order valence-corrected chi connectivity index (χ0v) is 25.9. The van der Waals surface area contributed by atoms with Crippen LogP contribution in [0.5, 0.6) is 0 Å². The van der Waals surface area contributed by atoms with E-state index in [2.05, 4.69) is 138 Å². The minimum absolute atomic E-state index is 1.04. The van der Waals surface area contributed by atoms with Crippen LogP contribution >= 0.6 is 0 Å². The Labute approximate surface area is 251 Å². The van der Waals surface area contributed by atoms with Gasteiger partial charge in [0.2, 0.25) is 0 Å². The Hall–Kier alpha value is -4.82. The Bertz CT molecular complexity index is 1910. The first-order valence-corrected chi connectivity index (χ1v) is 15.0. The van der Waals surface area contributed by atoms with Crippen molar-refractivity contribution in [3.63, 3.8) is 0 Å². The molecule has 0 amide bonds. The van der Waals surface area contributed by atoms with Gasteiger partial charge in [0, 0.05) is 33.1 Å². The molecule has 0 aliphatic heterocycles. The lowest BCUT2D eigenvalue weighted by molar-refractivity contribution is 1.15.